The number of anilines is 1. The van der Waals surface area contributed by atoms with E-state index in [9.17, 15) is 17.6 Å². The van der Waals surface area contributed by atoms with Gasteiger partial charge in [-0.25, -0.2) is 12.8 Å². The number of rotatable bonds is 8. The molecule has 8 heteroatoms. The number of halogens is 1. The Morgan fingerprint density at radius 3 is 2.39 bits per heavy atom. The van der Waals surface area contributed by atoms with Gasteiger partial charge in [-0.05, 0) is 86.6 Å². The van der Waals surface area contributed by atoms with E-state index in [0.29, 0.717) is 29.9 Å². The second-order valence-electron chi connectivity index (χ2n) is 8.24. The van der Waals surface area contributed by atoms with E-state index in [2.05, 4.69) is 5.32 Å². The van der Waals surface area contributed by atoms with Crippen LogP contribution in [-0.2, 0) is 14.8 Å². The Balaban J connectivity index is 1.58. The molecule has 1 N–H and O–H groups in total. The van der Waals surface area contributed by atoms with Crippen LogP contribution >= 0.6 is 0 Å². The lowest BCUT2D eigenvalue weighted by Gasteiger charge is -2.27. The molecular formula is C23H27FN2O4S. The lowest BCUT2D eigenvalue weighted by molar-refractivity contribution is -0.120. The van der Waals surface area contributed by atoms with Crippen molar-refractivity contribution in [3.05, 3.63) is 54.3 Å². The van der Waals surface area contributed by atoms with E-state index in [-0.39, 0.29) is 23.4 Å². The summed E-state index contributed by atoms with van der Waals surface area (Å²) in [6.07, 6.45) is 4.44. The summed E-state index contributed by atoms with van der Waals surface area (Å²) in [5, 5.41) is 3.05. The normalized spacial score (nSPS) is 22.3. The third-order valence-electron chi connectivity index (χ3n) is 6.21. The van der Waals surface area contributed by atoms with Crippen molar-refractivity contribution in [2.75, 3.05) is 17.5 Å². The Morgan fingerprint density at radius 1 is 1.10 bits per heavy atom. The number of hydrogen-bond acceptors (Lipinski definition) is 4. The van der Waals surface area contributed by atoms with Crippen LogP contribution in [-0.4, -0.2) is 33.5 Å². The number of sulfonamides is 1. The number of carbonyl (C=O) groups excluding carboxylic acids is 1. The van der Waals surface area contributed by atoms with Gasteiger partial charge in [0.25, 0.3) is 10.0 Å². The largest absolute Gasteiger partial charge is 0.494 e. The zero-order chi connectivity index (χ0) is 22.0. The smallest absolute Gasteiger partial charge is 0.264 e. The minimum Gasteiger partial charge on any atom is -0.494 e. The summed E-state index contributed by atoms with van der Waals surface area (Å²) in [5.74, 6) is 0.900. The second kappa shape index (κ2) is 8.86. The van der Waals surface area contributed by atoms with E-state index in [1.165, 1.54) is 18.6 Å². The van der Waals surface area contributed by atoms with E-state index < -0.39 is 15.8 Å². The minimum atomic E-state index is -4.07. The fourth-order valence-corrected chi connectivity index (χ4v) is 6.15. The van der Waals surface area contributed by atoms with Crippen molar-refractivity contribution in [1.82, 2.24) is 5.32 Å². The predicted molar refractivity (Wildman–Crippen MR) is 116 cm³/mol. The van der Waals surface area contributed by atoms with Gasteiger partial charge in [0.05, 0.1) is 17.2 Å². The molecular weight excluding hydrogens is 419 g/mol. The molecule has 3 atom stereocenters. The van der Waals surface area contributed by atoms with Crippen LogP contribution in [0, 0.1) is 17.7 Å². The SMILES string of the molecule is CCOc1ccc(N(CC(=O)N[C@H]2C[C@@H]3CC[C@H]2C3)S(=O)(=O)c2ccc(F)cc2)cc1. The van der Waals surface area contributed by atoms with Crippen LogP contribution in [0.15, 0.2) is 53.4 Å². The average molecular weight is 447 g/mol. The van der Waals surface area contributed by atoms with Crippen molar-refractivity contribution in [2.24, 2.45) is 11.8 Å². The highest BCUT2D eigenvalue weighted by Crippen LogP contribution is 2.44. The monoisotopic (exact) mass is 446 g/mol. The maximum absolute atomic E-state index is 13.3. The lowest BCUT2D eigenvalue weighted by Crippen LogP contribution is -2.46. The Kier molecular flexibility index (Phi) is 6.18. The van der Waals surface area contributed by atoms with Gasteiger partial charge in [0, 0.05) is 6.04 Å². The molecule has 6 nitrogen and oxygen atoms in total. The summed E-state index contributed by atoms with van der Waals surface area (Å²) in [5.41, 5.74) is 0.343. The number of nitrogens with one attached hydrogen (secondary N) is 1. The topological polar surface area (TPSA) is 75.7 Å². The molecule has 31 heavy (non-hydrogen) atoms. The van der Waals surface area contributed by atoms with E-state index in [0.717, 1.165) is 35.7 Å². The molecule has 0 radical (unpaired) electrons. The summed E-state index contributed by atoms with van der Waals surface area (Å²) in [7, 11) is -4.07. The van der Waals surface area contributed by atoms with E-state index in [1.807, 2.05) is 6.92 Å². The molecule has 166 valence electrons. The van der Waals surface area contributed by atoms with Crippen LogP contribution in [0.25, 0.3) is 0 Å². The molecule has 4 rings (SSSR count). The first-order chi connectivity index (χ1) is 14.9. The van der Waals surface area contributed by atoms with Gasteiger partial charge in [-0.2, -0.15) is 0 Å². The second-order valence-corrected chi connectivity index (χ2v) is 10.1. The van der Waals surface area contributed by atoms with Crippen LogP contribution < -0.4 is 14.4 Å². The summed E-state index contributed by atoms with van der Waals surface area (Å²) in [6, 6.07) is 11.3. The first kappa shape index (κ1) is 21.6. The van der Waals surface area contributed by atoms with Gasteiger partial charge in [-0.1, -0.05) is 6.42 Å². The molecule has 2 aromatic carbocycles. The molecule has 2 saturated carbocycles. The maximum Gasteiger partial charge on any atom is 0.264 e. The number of ether oxygens (including phenoxy) is 1. The van der Waals surface area contributed by atoms with E-state index in [1.54, 1.807) is 24.3 Å². The fraction of sp³-hybridized carbons (Fsp3) is 0.435. The van der Waals surface area contributed by atoms with Crippen molar-refractivity contribution in [2.45, 2.75) is 43.5 Å². The number of hydrogen-bond donors (Lipinski definition) is 1. The number of carbonyl (C=O) groups is 1. The minimum absolute atomic E-state index is 0.0736. The van der Waals surface area contributed by atoms with Crippen molar-refractivity contribution < 1.29 is 22.3 Å². The standard InChI is InChI=1S/C23H27FN2O4S/c1-2-30-20-9-7-19(8-10-20)26(31(28,29)21-11-5-18(24)6-12-21)15-23(27)25-22-14-16-3-4-17(22)13-16/h5-12,16-17,22H,2-4,13-15H2,1H3,(H,25,27)/t16-,17+,22+/m1/s1. The zero-order valence-corrected chi connectivity index (χ0v) is 18.3. The van der Waals surface area contributed by atoms with Gasteiger partial charge < -0.3 is 10.1 Å². The van der Waals surface area contributed by atoms with Crippen molar-refractivity contribution in [1.29, 1.82) is 0 Å². The number of benzene rings is 2. The van der Waals surface area contributed by atoms with Gasteiger partial charge in [0.1, 0.15) is 18.1 Å². The fourth-order valence-electron chi connectivity index (χ4n) is 4.73. The van der Waals surface area contributed by atoms with Gasteiger partial charge in [0.2, 0.25) is 5.91 Å². The Labute approximate surface area is 182 Å². The molecule has 2 aliphatic carbocycles. The molecule has 0 heterocycles. The van der Waals surface area contributed by atoms with Gasteiger partial charge in [-0.15, -0.1) is 0 Å². The molecule has 0 saturated heterocycles. The Morgan fingerprint density at radius 2 is 1.81 bits per heavy atom. The van der Waals surface area contributed by atoms with Crippen molar-refractivity contribution in [3.8, 4) is 5.75 Å². The third kappa shape index (κ3) is 4.69. The first-order valence-corrected chi connectivity index (χ1v) is 12.1. The molecule has 0 aromatic heterocycles. The highest BCUT2D eigenvalue weighted by Gasteiger charge is 2.40. The molecule has 0 spiro atoms. The zero-order valence-electron chi connectivity index (χ0n) is 17.5. The summed E-state index contributed by atoms with van der Waals surface area (Å²) >= 11 is 0. The molecule has 0 unspecified atom stereocenters. The molecule has 2 fully saturated rings. The summed E-state index contributed by atoms with van der Waals surface area (Å²) in [4.78, 5) is 12.8. The Bertz CT molecular complexity index is 1020. The van der Waals surface area contributed by atoms with Gasteiger partial charge in [-0.3, -0.25) is 9.10 Å². The van der Waals surface area contributed by atoms with Gasteiger partial charge >= 0.3 is 0 Å². The summed E-state index contributed by atoms with van der Waals surface area (Å²) < 4.78 is 46.5. The van der Waals surface area contributed by atoms with Crippen LogP contribution in [0.2, 0.25) is 0 Å². The highest BCUT2D eigenvalue weighted by atomic mass is 32.2. The number of fused-ring (bicyclic) bond motifs is 2. The van der Waals surface area contributed by atoms with Crippen LogP contribution in [0.4, 0.5) is 10.1 Å². The number of amides is 1. The summed E-state index contributed by atoms with van der Waals surface area (Å²) in [6.45, 7) is 2.00. The van der Waals surface area contributed by atoms with Crippen LogP contribution in [0.3, 0.4) is 0 Å². The highest BCUT2D eigenvalue weighted by molar-refractivity contribution is 7.92. The molecule has 2 aliphatic rings. The maximum atomic E-state index is 13.3. The average Bonchev–Trinajstić information content (AvgIpc) is 3.36. The molecule has 1 amide bonds. The quantitative estimate of drug-likeness (QED) is 0.671. The molecule has 2 bridgehead atoms. The van der Waals surface area contributed by atoms with E-state index in [4.69, 9.17) is 4.74 Å². The van der Waals surface area contributed by atoms with Crippen molar-refractivity contribution >= 4 is 21.6 Å². The van der Waals surface area contributed by atoms with Crippen molar-refractivity contribution in [3.63, 3.8) is 0 Å². The lowest BCUT2D eigenvalue weighted by atomic mass is 9.95. The van der Waals surface area contributed by atoms with Crippen LogP contribution in [0.5, 0.6) is 5.75 Å². The van der Waals surface area contributed by atoms with Crippen LogP contribution in [0.1, 0.15) is 32.6 Å². The van der Waals surface area contributed by atoms with E-state index >= 15 is 0 Å². The third-order valence-corrected chi connectivity index (χ3v) is 8.00. The van der Waals surface area contributed by atoms with Gasteiger partial charge in [0.15, 0.2) is 0 Å². The molecule has 2 aromatic rings. The number of nitrogens with zero attached hydrogens (tertiary/aromatic N) is 1. The predicted octanol–water partition coefficient (Wildman–Crippen LogP) is 3.72. The molecule has 0 aliphatic heterocycles. The first-order valence-electron chi connectivity index (χ1n) is 10.7. The Hall–Kier alpha value is -2.61.